The number of alkyl halides is 4. The van der Waals surface area contributed by atoms with E-state index in [9.17, 15) is 37.1 Å². The van der Waals surface area contributed by atoms with Gasteiger partial charge in [0.25, 0.3) is 0 Å². The van der Waals surface area contributed by atoms with Gasteiger partial charge in [-0.05, 0) is 41.9 Å². The Kier molecular flexibility index (Phi) is 4.91. The summed E-state index contributed by atoms with van der Waals surface area (Å²) in [5.74, 6) is -5.58. The first kappa shape index (κ1) is 20.9. The number of halogens is 4. The number of carbonyl (C=O) groups excluding carboxylic acids is 2. The summed E-state index contributed by atoms with van der Waals surface area (Å²) in [6.07, 6.45) is -5.38. The van der Waals surface area contributed by atoms with Crippen molar-refractivity contribution in [3.8, 4) is 0 Å². The van der Waals surface area contributed by atoms with Crippen molar-refractivity contribution in [1.82, 2.24) is 10.2 Å². The van der Waals surface area contributed by atoms with Crippen molar-refractivity contribution in [2.45, 2.75) is 58.0 Å². The van der Waals surface area contributed by atoms with Crippen LogP contribution >= 0.6 is 0 Å². The van der Waals surface area contributed by atoms with E-state index in [1.807, 2.05) is 0 Å². The van der Waals surface area contributed by atoms with Crippen molar-refractivity contribution in [1.29, 1.82) is 0 Å². The fourth-order valence-corrected chi connectivity index (χ4v) is 5.30. The maximum atomic E-state index is 14.1. The van der Waals surface area contributed by atoms with E-state index in [-0.39, 0.29) is 30.7 Å². The normalized spacial score (nSPS) is 35.6. The summed E-state index contributed by atoms with van der Waals surface area (Å²) in [5.41, 5.74) is -1.08. The summed E-state index contributed by atoms with van der Waals surface area (Å²) < 4.78 is 52.3. The lowest BCUT2D eigenvalue weighted by atomic mass is 9.77. The van der Waals surface area contributed by atoms with Crippen LogP contribution in [0.1, 0.15) is 33.6 Å². The second kappa shape index (κ2) is 6.59. The third-order valence-corrected chi connectivity index (χ3v) is 6.45. The molecule has 3 aliphatic rings. The van der Waals surface area contributed by atoms with Crippen LogP contribution in [0, 0.1) is 29.1 Å². The summed E-state index contributed by atoms with van der Waals surface area (Å²) in [7, 11) is 0. The summed E-state index contributed by atoms with van der Waals surface area (Å²) in [4.78, 5) is 37.5. The van der Waals surface area contributed by atoms with Crippen molar-refractivity contribution < 1.29 is 37.1 Å². The standard InChI is InChI=1S/C18H24F4N2O4/c1-17(2,3)13(23-16(28)18(20,21)22)14(25)24-6-9-8-4-7(5-10(8)19)11(9)12(24)15(26)27/h7-13H,4-6H2,1-3H3,(H,23,28)(H,26,27)/t7-,8-,9-,10+,11+,12+,13-/m1/s1. The SMILES string of the molecule is CC(C)(C)[C@H](NC(=O)C(F)(F)F)C(=O)N1C[C@@H]2[C@H]3C[C@H](C[C@@H]3F)[C@@H]2[C@H]1C(=O)O. The maximum Gasteiger partial charge on any atom is 0.471 e. The van der Waals surface area contributed by atoms with E-state index in [0.717, 1.165) is 4.90 Å². The predicted molar refractivity (Wildman–Crippen MR) is 88.7 cm³/mol. The van der Waals surface area contributed by atoms with Gasteiger partial charge >= 0.3 is 18.1 Å². The van der Waals surface area contributed by atoms with E-state index >= 15 is 0 Å². The molecule has 0 spiro atoms. The van der Waals surface area contributed by atoms with Crippen LogP contribution in [0.4, 0.5) is 17.6 Å². The van der Waals surface area contributed by atoms with E-state index < -0.39 is 53.5 Å². The van der Waals surface area contributed by atoms with Gasteiger partial charge in [0.2, 0.25) is 5.91 Å². The highest BCUT2D eigenvalue weighted by atomic mass is 19.4. The van der Waals surface area contributed by atoms with Gasteiger partial charge in [-0.1, -0.05) is 20.8 Å². The molecule has 1 heterocycles. The second-order valence-corrected chi connectivity index (χ2v) is 9.20. The number of hydrogen-bond donors (Lipinski definition) is 2. The Morgan fingerprint density at radius 3 is 2.21 bits per heavy atom. The van der Waals surface area contributed by atoms with Gasteiger partial charge in [-0.3, -0.25) is 9.59 Å². The van der Waals surface area contributed by atoms with Crippen LogP contribution in [0.15, 0.2) is 0 Å². The zero-order chi connectivity index (χ0) is 21.2. The molecule has 2 saturated carbocycles. The van der Waals surface area contributed by atoms with Crippen molar-refractivity contribution >= 4 is 17.8 Å². The zero-order valence-corrected chi connectivity index (χ0v) is 15.8. The van der Waals surface area contributed by atoms with Crippen LogP contribution in [0.5, 0.6) is 0 Å². The highest BCUT2D eigenvalue weighted by molar-refractivity contribution is 5.93. The quantitative estimate of drug-likeness (QED) is 0.700. The molecular weight excluding hydrogens is 384 g/mol. The van der Waals surface area contributed by atoms with Crippen LogP contribution in [-0.2, 0) is 14.4 Å². The molecule has 2 N–H and O–H groups in total. The first-order valence-electron chi connectivity index (χ1n) is 9.28. The lowest BCUT2D eigenvalue weighted by Gasteiger charge is -2.36. The molecule has 1 aliphatic heterocycles. The number of amides is 2. The van der Waals surface area contributed by atoms with Crippen LogP contribution in [0.25, 0.3) is 0 Å². The van der Waals surface area contributed by atoms with Crippen molar-refractivity contribution in [2.24, 2.45) is 29.1 Å². The summed E-state index contributed by atoms with van der Waals surface area (Å²) in [6, 6.07) is -2.77. The predicted octanol–water partition coefficient (Wildman–Crippen LogP) is 1.99. The van der Waals surface area contributed by atoms with Crippen LogP contribution in [0.3, 0.4) is 0 Å². The molecule has 158 valence electrons. The number of carboxylic acid groups (broad SMARTS) is 1. The minimum Gasteiger partial charge on any atom is -0.480 e. The number of nitrogens with one attached hydrogen (secondary N) is 1. The molecule has 10 heteroatoms. The van der Waals surface area contributed by atoms with E-state index in [0.29, 0.717) is 6.42 Å². The molecule has 6 nitrogen and oxygen atoms in total. The number of aliphatic carboxylic acids is 1. The first-order chi connectivity index (χ1) is 12.7. The maximum absolute atomic E-state index is 14.1. The van der Waals surface area contributed by atoms with Gasteiger partial charge in [0, 0.05) is 6.54 Å². The number of carbonyl (C=O) groups is 3. The largest absolute Gasteiger partial charge is 0.480 e. The molecule has 7 atom stereocenters. The number of nitrogens with zero attached hydrogens (tertiary/aromatic N) is 1. The number of hydrogen-bond acceptors (Lipinski definition) is 3. The molecule has 28 heavy (non-hydrogen) atoms. The lowest BCUT2D eigenvalue weighted by molar-refractivity contribution is -0.176. The molecule has 3 rings (SSSR count). The summed E-state index contributed by atoms with van der Waals surface area (Å²) in [6.45, 7) is 4.44. The van der Waals surface area contributed by atoms with Gasteiger partial charge in [0.15, 0.2) is 0 Å². The van der Waals surface area contributed by atoms with Crippen molar-refractivity contribution in [2.75, 3.05) is 6.54 Å². The molecule has 0 radical (unpaired) electrons. The molecule has 2 amide bonds. The topological polar surface area (TPSA) is 86.7 Å². The molecule has 2 bridgehead atoms. The van der Waals surface area contributed by atoms with Gasteiger partial charge in [0.1, 0.15) is 18.3 Å². The van der Waals surface area contributed by atoms with Gasteiger partial charge < -0.3 is 15.3 Å². The van der Waals surface area contributed by atoms with E-state index in [4.69, 9.17) is 0 Å². The molecule has 0 aromatic heterocycles. The Hall–Kier alpha value is -1.87. The third kappa shape index (κ3) is 3.34. The van der Waals surface area contributed by atoms with Gasteiger partial charge in [-0.15, -0.1) is 0 Å². The van der Waals surface area contributed by atoms with Crippen molar-refractivity contribution in [3.63, 3.8) is 0 Å². The van der Waals surface area contributed by atoms with E-state index in [2.05, 4.69) is 0 Å². The van der Waals surface area contributed by atoms with E-state index in [1.165, 1.54) is 20.8 Å². The lowest BCUT2D eigenvalue weighted by Crippen LogP contribution is -2.59. The fourth-order valence-electron chi connectivity index (χ4n) is 5.30. The van der Waals surface area contributed by atoms with Crippen molar-refractivity contribution in [3.05, 3.63) is 0 Å². The summed E-state index contributed by atoms with van der Waals surface area (Å²) in [5, 5.41) is 11.4. The molecule has 0 aromatic carbocycles. The monoisotopic (exact) mass is 408 g/mol. The minimum atomic E-state index is -5.17. The van der Waals surface area contributed by atoms with Crippen LogP contribution in [0.2, 0.25) is 0 Å². The molecule has 0 unspecified atom stereocenters. The van der Waals surface area contributed by atoms with Gasteiger partial charge in [-0.25, -0.2) is 9.18 Å². The highest BCUT2D eigenvalue weighted by Crippen LogP contribution is 2.58. The molecule has 3 fully saturated rings. The molecule has 2 aliphatic carbocycles. The minimum absolute atomic E-state index is 0.0173. The van der Waals surface area contributed by atoms with Crippen LogP contribution < -0.4 is 5.32 Å². The number of carboxylic acids is 1. The zero-order valence-electron chi connectivity index (χ0n) is 15.8. The Morgan fingerprint density at radius 1 is 1.11 bits per heavy atom. The van der Waals surface area contributed by atoms with Gasteiger partial charge in [0.05, 0.1) is 0 Å². The second-order valence-electron chi connectivity index (χ2n) is 9.20. The molecular formula is C18H24F4N2O4. The Morgan fingerprint density at radius 2 is 1.71 bits per heavy atom. The smallest absolute Gasteiger partial charge is 0.471 e. The average Bonchev–Trinajstić information content (AvgIpc) is 3.18. The molecule has 0 aromatic rings. The molecule has 1 saturated heterocycles. The number of likely N-dealkylation sites (tertiary alicyclic amines) is 1. The Balaban J connectivity index is 1.88. The third-order valence-electron chi connectivity index (χ3n) is 6.45. The fraction of sp³-hybridized carbons (Fsp3) is 0.833. The summed E-state index contributed by atoms with van der Waals surface area (Å²) >= 11 is 0. The van der Waals surface area contributed by atoms with Gasteiger partial charge in [-0.2, -0.15) is 13.2 Å². The number of fused-ring (bicyclic) bond motifs is 5. The Labute approximate surface area is 159 Å². The Bertz CT molecular complexity index is 690. The average molecular weight is 408 g/mol. The van der Waals surface area contributed by atoms with E-state index in [1.54, 1.807) is 5.32 Å². The van der Waals surface area contributed by atoms with Crippen LogP contribution in [-0.4, -0.2) is 58.8 Å². The number of rotatable bonds is 3. The highest BCUT2D eigenvalue weighted by Gasteiger charge is 2.63. The first-order valence-corrected chi connectivity index (χ1v) is 9.28.